The lowest BCUT2D eigenvalue weighted by Crippen LogP contribution is -2.41. The van der Waals surface area contributed by atoms with E-state index in [-0.39, 0.29) is 17.7 Å². The van der Waals surface area contributed by atoms with Crippen LogP contribution in [0.4, 0.5) is 8.78 Å². The quantitative estimate of drug-likeness (QED) is 0.730. The maximum Gasteiger partial charge on any atom is 0.260 e. The zero-order chi connectivity index (χ0) is 20.5. The Morgan fingerprint density at radius 1 is 1.21 bits per heavy atom. The number of para-hydroxylation sites is 1. The highest BCUT2D eigenvalue weighted by molar-refractivity contribution is 5.81. The fourth-order valence-corrected chi connectivity index (χ4v) is 3.80. The van der Waals surface area contributed by atoms with Crippen LogP contribution in [0.5, 0.6) is 5.75 Å². The minimum atomic E-state index is -0.677. The van der Waals surface area contributed by atoms with Crippen molar-refractivity contribution >= 4 is 5.91 Å². The van der Waals surface area contributed by atoms with Gasteiger partial charge >= 0.3 is 0 Å². The van der Waals surface area contributed by atoms with E-state index < -0.39 is 23.2 Å². The second-order valence-corrected chi connectivity index (χ2v) is 8.06. The molecule has 3 nitrogen and oxygen atoms in total. The molecule has 3 atom stereocenters. The van der Waals surface area contributed by atoms with E-state index in [2.05, 4.69) is 19.2 Å². The van der Waals surface area contributed by atoms with E-state index in [0.29, 0.717) is 17.9 Å². The number of carbonyl (C=O) groups is 1. The van der Waals surface area contributed by atoms with Gasteiger partial charge in [-0.3, -0.25) is 4.79 Å². The van der Waals surface area contributed by atoms with Gasteiger partial charge in [0.15, 0.2) is 6.10 Å². The molecule has 3 rings (SSSR count). The van der Waals surface area contributed by atoms with E-state index in [1.807, 2.05) is 31.2 Å². The highest BCUT2D eigenvalue weighted by Gasteiger charge is 2.53. The zero-order valence-corrected chi connectivity index (χ0v) is 16.8. The fourth-order valence-electron chi connectivity index (χ4n) is 3.80. The van der Waals surface area contributed by atoms with E-state index in [4.69, 9.17) is 4.74 Å². The van der Waals surface area contributed by atoms with Gasteiger partial charge in [-0.15, -0.1) is 0 Å². The van der Waals surface area contributed by atoms with Crippen LogP contribution in [0.2, 0.25) is 0 Å². The number of rotatable bonds is 7. The summed E-state index contributed by atoms with van der Waals surface area (Å²) in [7, 11) is 0. The second kappa shape index (κ2) is 7.90. The van der Waals surface area contributed by atoms with Gasteiger partial charge in [-0.25, -0.2) is 8.78 Å². The Morgan fingerprint density at radius 2 is 1.89 bits per heavy atom. The lowest BCUT2D eigenvalue weighted by atomic mass is 9.92. The predicted octanol–water partition coefficient (Wildman–Crippen LogP) is 4.95. The van der Waals surface area contributed by atoms with Crippen LogP contribution in [0, 0.1) is 17.6 Å². The third kappa shape index (κ3) is 4.03. The molecule has 0 aliphatic heterocycles. The summed E-state index contributed by atoms with van der Waals surface area (Å²) in [6.45, 7) is 8.15. The molecule has 0 bridgehead atoms. The normalized spacial score (nSPS) is 22.0. The van der Waals surface area contributed by atoms with Crippen molar-refractivity contribution in [3.05, 3.63) is 65.2 Å². The average molecular weight is 387 g/mol. The SMILES string of the molecule is CC(Oc1ccccc1C(C)C)C(=O)NCC1(c2ccc(F)cc2F)CC1C. The van der Waals surface area contributed by atoms with Crippen molar-refractivity contribution in [1.29, 1.82) is 0 Å². The van der Waals surface area contributed by atoms with Crippen LogP contribution in [0.15, 0.2) is 42.5 Å². The zero-order valence-electron chi connectivity index (χ0n) is 16.8. The van der Waals surface area contributed by atoms with Gasteiger partial charge in [0.25, 0.3) is 5.91 Å². The molecule has 1 aliphatic carbocycles. The van der Waals surface area contributed by atoms with Gasteiger partial charge < -0.3 is 10.1 Å². The third-order valence-corrected chi connectivity index (χ3v) is 5.71. The number of benzene rings is 2. The van der Waals surface area contributed by atoms with Crippen molar-refractivity contribution in [2.24, 2.45) is 5.92 Å². The number of ether oxygens (including phenoxy) is 1. The summed E-state index contributed by atoms with van der Waals surface area (Å²) in [6.07, 6.45) is 0.0745. The lowest BCUT2D eigenvalue weighted by Gasteiger charge is -2.22. The molecular weight excluding hydrogens is 360 g/mol. The molecular formula is C23H27F2NO2. The molecule has 2 aromatic carbocycles. The fraction of sp³-hybridized carbons (Fsp3) is 0.435. The molecule has 1 aliphatic rings. The number of hydrogen-bond acceptors (Lipinski definition) is 2. The molecule has 5 heteroatoms. The van der Waals surface area contributed by atoms with Gasteiger partial charge in [-0.05, 0) is 48.4 Å². The van der Waals surface area contributed by atoms with Gasteiger partial charge in [-0.2, -0.15) is 0 Å². The Bertz CT molecular complexity index is 867. The maximum absolute atomic E-state index is 14.3. The predicted molar refractivity (Wildman–Crippen MR) is 105 cm³/mol. The van der Waals surface area contributed by atoms with Crippen molar-refractivity contribution in [3.63, 3.8) is 0 Å². The number of halogens is 2. The number of carbonyl (C=O) groups excluding carboxylic acids is 1. The molecule has 1 fully saturated rings. The Balaban J connectivity index is 1.66. The van der Waals surface area contributed by atoms with Crippen molar-refractivity contribution in [2.75, 3.05) is 6.54 Å². The first-order valence-corrected chi connectivity index (χ1v) is 9.73. The van der Waals surface area contributed by atoms with Gasteiger partial charge in [-0.1, -0.05) is 45.0 Å². The molecule has 0 saturated heterocycles. The number of nitrogens with one attached hydrogen (secondary N) is 1. The van der Waals surface area contributed by atoms with Crippen LogP contribution in [0.1, 0.15) is 51.2 Å². The molecule has 0 heterocycles. The van der Waals surface area contributed by atoms with Gasteiger partial charge in [0.2, 0.25) is 0 Å². The van der Waals surface area contributed by atoms with E-state index in [0.717, 1.165) is 18.1 Å². The molecule has 1 N–H and O–H groups in total. The minimum Gasteiger partial charge on any atom is -0.481 e. The standard InChI is InChI=1S/C23H27F2NO2/c1-14(2)18-7-5-6-8-21(18)28-16(4)22(27)26-13-23(12-15(23)3)19-10-9-17(24)11-20(19)25/h5-11,14-16H,12-13H2,1-4H3,(H,26,27). The topological polar surface area (TPSA) is 38.3 Å². The summed E-state index contributed by atoms with van der Waals surface area (Å²) >= 11 is 0. The van der Waals surface area contributed by atoms with Crippen molar-refractivity contribution in [1.82, 2.24) is 5.32 Å². The summed E-state index contributed by atoms with van der Waals surface area (Å²) in [5.41, 5.74) is 1.02. The molecule has 3 unspecified atom stereocenters. The highest BCUT2D eigenvalue weighted by Crippen LogP contribution is 2.54. The average Bonchev–Trinajstić information content (AvgIpc) is 3.30. The summed E-state index contributed by atoms with van der Waals surface area (Å²) in [6, 6.07) is 11.3. The van der Waals surface area contributed by atoms with E-state index >= 15 is 0 Å². The molecule has 2 aromatic rings. The first-order valence-electron chi connectivity index (χ1n) is 9.73. The summed E-state index contributed by atoms with van der Waals surface area (Å²) in [5, 5.41) is 2.90. The van der Waals surface area contributed by atoms with E-state index in [1.165, 1.54) is 12.1 Å². The highest BCUT2D eigenvalue weighted by atomic mass is 19.1. The monoisotopic (exact) mass is 387 g/mol. The molecule has 0 spiro atoms. The lowest BCUT2D eigenvalue weighted by molar-refractivity contribution is -0.127. The number of amides is 1. The third-order valence-electron chi connectivity index (χ3n) is 5.71. The van der Waals surface area contributed by atoms with Crippen LogP contribution in [0.25, 0.3) is 0 Å². The summed E-state index contributed by atoms with van der Waals surface area (Å²) in [4.78, 5) is 12.6. The molecule has 1 saturated carbocycles. The van der Waals surface area contributed by atoms with Gasteiger partial charge in [0.05, 0.1) is 0 Å². The first-order chi connectivity index (χ1) is 13.2. The summed E-state index contributed by atoms with van der Waals surface area (Å²) < 4.78 is 33.4. The van der Waals surface area contributed by atoms with Crippen LogP contribution in [-0.4, -0.2) is 18.6 Å². The van der Waals surface area contributed by atoms with Crippen molar-refractivity contribution in [3.8, 4) is 5.75 Å². The van der Waals surface area contributed by atoms with Crippen LogP contribution in [0.3, 0.4) is 0 Å². The molecule has 150 valence electrons. The van der Waals surface area contributed by atoms with Gasteiger partial charge in [0.1, 0.15) is 17.4 Å². The second-order valence-electron chi connectivity index (χ2n) is 8.06. The Kier molecular flexibility index (Phi) is 5.73. The van der Waals surface area contributed by atoms with Crippen molar-refractivity contribution in [2.45, 2.75) is 51.6 Å². The number of hydrogen-bond donors (Lipinski definition) is 1. The van der Waals surface area contributed by atoms with E-state index in [9.17, 15) is 13.6 Å². The molecule has 0 radical (unpaired) electrons. The minimum absolute atomic E-state index is 0.214. The van der Waals surface area contributed by atoms with E-state index in [1.54, 1.807) is 6.92 Å². The molecule has 28 heavy (non-hydrogen) atoms. The first kappa shape index (κ1) is 20.3. The Hall–Kier alpha value is -2.43. The summed E-state index contributed by atoms with van der Waals surface area (Å²) in [5.74, 6) is -0.221. The Labute approximate surface area is 165 Å². The molecule has 1 amide bonds. The Morgan fingerprint density at radius 3 is 2.50 bits per heavy atom. The largest absolute Gasteiger partial charge is 0.481 e. The maximum atomic E-state index is 14.3. The van der Waals surface area contributed by atoms with Crippen LogP contribution < -0.4 is 10.1 Å². The van der Waals surface area contributed by atoms with Crippen LogP contribution >= 0.6 is 0 Å². The molecule has 0 aromatic heterocycles. The van der Waals surface area contributed by atoms with Crippen LogP contribution in [-0.2, 0) is 10.2 Å². The van der Waals surface area contributed by atoms with Crippen molar-refractivity contribution < 1.29 is 18.3 Å². The smallest absolute Gasteiger partial charge is 0.260 e. The van der Waals surface area contributed by atoms with Gasteiger partial charge in [0, 0.05) is 18.0 Å².